The van der Waals surface area contributed by atoms with Crippen molar-refractivity contribution >= 4 is 33.9 Å². The van der Waals surface area contributed by atoms with Crippen molar-refractivity contribution in [3.8, 4) is 11.1 Å². The van der Waals surface area contributed by atoms with E-state index in [0.29, 0.717) is 33.4 Å². The van der Waals surface area contributed by atoms with Crippen LogP contribution in [0.3, 0.4) is 0 Å². The van der Waals surface area contributed by atoms with Crippen LogP contribution in [0, 0.1) is 12.7 Å². The number of rotatable bonds is 4. The van der Waals surface area contributed by atoms with Crippen molar-refractivity contribution in [3.05, 3.63) is 42.1 Å². The van der Waals surface area contributed by atoms with Gasteiger partial charge in [0.1, 0.15) is 5.82 Å². The van der Waals surface area contributed by atoms with Crippen LogP contribution < -0.4 is 22.5 Å². The van der Waals surface area contributed by atoms with Gasteiger partial charge in [-0.3, -0.25) is 9.78 Å². The molecule has 0 aliphatic rings. The van der Waals surface area contributed by atoms with Gasteiger partial charge in [0.15, 0.2) is 5.82 Å². The Labute approximate surface area is 163 Å². The third-order valence-electron chi connectivity index (χ3n) is 4.18. The molecule has 1 amide bonds. The number of nitrogens with two attached hydrogens (primary N) is 3. The van der Waals surface area contributed by atoms with Crippen LogP contribution in [0.2, 0.25) is 0 Å². The molecule has 0 atom stereocenters. The fourth-order valence-electron chi connectivity index (χ4n) is 2.71. The SMILES string of the molecule is CC.Cc1c(N)cncc1-c1cc2cc(NC(=O)CCN)ncc2c(N)c1F. The molecule has 0 saturated heterocycles. The number of benzene rings is 1. The number of halogens is 1. The second-order valence-corrected chi connectivity index (χ2v) is 5.93. The number of carbonyl (C=O) groups is 1. The van der Waals surface area contributed by atoms with Gasteiger partial charge in [0.25, 0.3) is 0 Å². The highest BCUT2D eigenvalue weighted by Crippen LogP contribution is 2.35. The normalized spacial score (nSPS) is 10.3. The lowest BCUT2D eigenvalue weighted by Crippen LogP contribution is -2.16. The quantitative estimate of drug-likeness (QED) is 0.510. The van der Waals surface area contributed by atoms with E-state index in [-0.39, 0.29) is 30.1 Å². The van der Waals surface area contributed by atoms with Crippen molar-refractivity contribution in [1.82, 2.24) is 9.97 Å². The van der Waals surface area contributed by atoms with E-state index in [9.17, 15) is 9.18 Å². The van der Waals surface area contributed by atoms with E-state index in [0.717, 1.165) is 0 Å². The van der Waals surface area contributed by atoms with Gasteiger partial charge in [-0.1, -0.05) is 13.8 Å². The number of nitrogens with one attached hydrogen (secondary N) is 1. The van der Waals surface area contributed by atoms with Crippen LogP contribution in [0.15, 0.2) is 30.7 Å². The zero-order valence-electron chi connectivity index (χ0n) is 16.2. The lowest BCUT2D eigenvalue weighted by molar-refractivity contribution is -0.116. The number of nitrogen functional groups attached to an aromatic ring is 2. The summed E-state index contributed by atoms with van der Waals surface area (Å²) >= 11 is 0. The molecule has 28 heavy (non-hydrogen) atoms. The van der Waals surface area contributed by atoms with Crippen molar-refractivity contribution in [1.29, 1.82) is 0 Å². The van der Waals surface area contributed by atoms with Gasteiger partial charge in [0.05, 0.1) is 17.6 Å². The largest absolute Gasteiger partial charge is 0.397 e. The van der Waals surface area contributed by atoms with Gasteiger partial charge in [0, 0.05) is 41.9 Å². The first-order valence-electron chi connectivity index (χ1n) is 9.00. The molecule has 2 heterocycles. The summed E-state index contributed by atoms with van der Waals surface area (Å²) in [6.07, 6.45) is 4.67. The van der Waals surface area contributed by atoms with Crippen LogP contribution in [0.25, 0.3) is 21.9 Å². The van der Waals surface area contributed by atoms with E-state index in [2.05, 4.69) is 15.3 Å². The van der Waals surface area contributed by atoms with Gasteiger partial charge >= 0.3 is 0 Å². The summed E-state index contributed by atoms with van der Waals surface area (Å²) in [7, 11) is 0. The summed E-state index contributed by atoms with van der Waals surface area (Å²) in [5.74, 6) is -0.462. The van der Waals surface area contributed by atoms with Gasteiger partial charge in [-0.2, -0.15) is 0 Å². The number of aromatic nitrogens is 2. The second-order valence-electron chi connectivity index (χ2n) is 5.93. The molecule has 7 nitrogen and oxygen atoms in total. The van der Waals surface area contributed by atoms with Crippen molar-refractivity contribution in [2.45, 2.75) is 27.2 Å². The summed E-state index contributed by atoms with van der Waals surface area (Å²) in [5.41, 5.74) is 19.2. The summed E-state index contributed by atoms with van der Waals surface area (Å²) in [6, 6.07) is 3.28. The van der Waals surface area contributed by atoms with E-state index in [4.69, 9.17) is 17.2 Å². The average molecular weight is 384 g/mol. The van der Waals surface area contributed by atoms with Gasteiger partial charge in [-0.05, 0) is 30.0 Å². The molecule has 0 aliphatic heterocycles. The highest BCUT2D eigenvalue weighted by molar-refractivity contribution is 6.00. The molecule has 0 saturated carbocycles. The first-order valence-corrected chi connectivity index (χ1v) is 9.00. The van der Waals surface area contributed by atoms with Crippen LogP contribution in [-0.4, -0.2) is 22.4 Å². The summed E-state index contributed by atoms with van der Waals surface area (Å²) in [5, 5.41) is 3.75. The molecular formula is C20H25FN6O. The monoisotopic (exact) mass is 384 g/mol. The first-order chi connectivity index (χ1) is 13.4. The van der Waals surface area contributed by atoms with Crippen LogP contribution in [0.5, 0.6) is 0 Å². The second kappa shape index (κ2) is 9.09. The maximum atomic E-state index is 14.8. The lowest BCUT2D eigenvalue weighted by atomic mass is 9.97. The smallest absolute Gasteiger partial charge is 0.226 e. The molecule has 0 unspecified atom stereocenters. The predicted octanol–water partition coefficient (Wildman–Crippen LogP) is 3.22. The van der Waals surface area contributed by atoms with E-state index in [1.807, 2.05) is 13.8 Å². The Morgan fingerprint density at radius 3 is 2.54 bits per heavy atom. The molecule has 7 N–H and O–H groups in total. The van der Waals surface area contributed by atoms with E-state index >= 15 is 0 Å². The molecule has 2 aromatic heterocycles. The van der Waals surface area contributed by atoms with Crippen LogP contribution in [0.4, 0.5) is 21.6 Å². The minimum Gasteiger partial charge on any atom is -0.397 e. The fourth-order valence-corrected chi connectivity index (χ4v) is 2.71. The van der Waals surface area contributed by atoms with Crippen LogP contribution in [0.1, 0.15) is 25.8 Å². The molecule has 0 aliphatic carbocycles. The minimum absolute atomic E-state index is 0.0216. The number of hydrogen-bond acceptors (Lipinski definition) is 6. The van der Waals surface area contributed by atoms with Gasteiger partial charge in [-0.25, -0.2) is 9.37 Å². The fraction of sp³-hybridized carbons (Fsp3) is 0.250. The molecule has 148 valence electrons. The molecule has 1 aromatic carbocycles. The highest BCUT2D eigenvalue weighted by atomic mass is 19.1. The van der Waals surface area contributed by atoms with E-state index in [1.54, 1.807) is 25.3 Å². The van der Waals surface area contributed by atoms with Crippen LogP contribution >= 0.6 is 0 Å². The van der Waals surface area contributed by atoms with E-state index in [1.165, 1.54) is 12.4 Å². The average Bonchev–Trinajstić information content (AvgIpc) is 2.69. The van der Waals surface area contributed by atoms with Gasteiger partial charge in [-0.15, -0.1) is 0 Å². The molecule has 0 bridgehead atoms. The van der Waals surface area contributed by atoms with Crippen molar-refractivity contribution in [3.63, 3.8) is 0 Å². The molecule has 0 radical (unpaired) electrons. The van der Waals surface area contributed by atoms with Crippen LogP contribution in [-0.2, 0) is 4.79 Å². The van der Waals surface area contributed by atoms with Crippen molar-refractivity contribution in [2.75, 3.05) is 23.3 Å². The molecule has 3 aromatic rings. The number of fused-ring (bicyclic) bond motifs is 1. The third-order valence-corrected chi connectivity index (χ3v) is 4.18. The third kappa shape index (κ3) is 4.17. The molecule has 0 spiro atoms. The highest BCUT2D eigenvalue weighted by Gasteiger charge is 2.16. The number of carbonyl (C=O) groups excluding carboxylic acids is 1. The maximum absolute atomic E-state index is 14.8. The Morgan fingerprint density at radius 2 is 1.86 bits per heavy atom. The summed E-state index contributed by atoms with van der Waals surface area (Å²) in [6.45, 7) is 6.03. The standard InChI is InChI=1S/C18H19FN6O.C2H6/c1-9-12(6-23-8-14(9)21)11-4-10-5-15(25-16(26)2-3-20)24-7-13(10)18(22)17(11)19;1-2/h4-8H,2-3,20-22H2,1H3,(H,24,25,26);1-2H3. The molecule has 0 fully saturated rings. The number of pyridine rings is 2. The predicted molar refractivity (Wildman–Crippen MR) is 112 cm³/mol. The lowest BCUT2D eigenvalue weighted by Gasteiger charge is -2.13. The number of amides is 1. The number of anilines is 3. The van der Waals surface area contributed by atoms with Crippen molar-refractivity contribution < 1.29 is 9.18 Å². The topological polar surface area (TPSA) is 133 Å². The van der Waals surface area contributed by atoms with E-state index < -0.39 is 5.82 Å². The maximum Gasteiger partial charge on any atom is 0.226 e. The van der Waals surface area contributed by atoms with Gasteiger partial charge < -0.3 is 22.5 Å². The zero-order valence-corrected chi connectivity index (χ0v) is 16.2. The Bertz CT molecular complexity index is 1010. The Kier molecular flexibility index (Phi) is 6.84. The molecule has 3 rings (SSSR count). The van der Waals surface area contributed by atoms with Crippen molar-refractivity contribution in [2.24, 2.45) is 5.73 Å². The molecule has 8 heteroatoms. The summed E-state index contributed by atoms with van der Waals surface area (Å²) < 4.78 is 14.8. The zero-order chi connectivity index (χ0) is 20.8. The van der Waals surface area contributed by atoms with Gasteiger partial charge in [0.2, 0.25) is 5.91 Å². The Hall–Kier alpha value is -3.26. The molecular weight excluding hydrogens is 359 g/mol. The Balaban J connectivity index is 0.00000136. The summed E-state index contributed by atoms with van der Waals surface area (Å²) in [4.78, 5) is 19.9. The number of nitrogens with zero attached hydrogens (tertiary/aromatic N) is 2. The minimum atomic E-state index is -0.560. The number of hydrogen-bond donors (Lipinski definition) is 4. The Morgan fingerprint density at radius 1 is 1.14 bits per heavy atom. The first kappa shape index (κ1) is 21.0.